The predicted octanol–water partition coefficient (Wildman–Crippen LogP) is 5.29. The number of aromatic nitrogens is 1. The van der Waals surface area contributed by atoms with E-state index in [1.807, 2.05) is 37.3 Å². The van der Waals surface area contributed by atoms with Gasteiger partial charge in [0.05, 0.1) is 4.90 Å². The molecule has 0 saturated carbocycles. The maximum Gasteiger partial charge on any atom is 0.324 e. The maximum atomic E-state index is 13.1. The van der Waals surface area contributed by atoms with Crippen molar-refractivity contribution >= 4 is 33.5 Å². The number of aryl methyl sites for hydroxylation is 3. The number of amides is 2. The van der Waals surface area contributed by atoms with E-state index >= 15 is 0 Å². The molecule has 40 heavy (non-hydrogen) atoms. The molecule has 0 aliphatic heterocycles. The molecule has 0 unspecified atom stereocenters. The second-order valence-corrected chi connectivity index (χ2v) is 11.2. The van der Waals surface area contributed by atoms with Crippen molar-refractivity contribution in [1.29, 1.82) is 0 Å². The molecule has 4 N–H and O–H groups in total. The van der Waals surface area contributed by atoms with Crippen LogP contribution >= 0.6 is 0 Å². The van der Waals surface area contributed by atoms with Gasteiger partial charge in [0.2, 0.25) is 10.0 Å². The zero-order chi connectivity index (χ0) is 28.9. The lowest BCUT2D eigenvalue weighted by molar-refractivity contribution is -0.138. The fourth-order valence-electron chi connectivity index (χ4n) is 4.58. The van der Waals surface area contributed by atoms with Crippen LogP contribution in [0.4, 0.5) is 16.3 Å². The third kappa shape index (κ3) is 7.10. The summed E-state index contributed by atoms with van der Waals surface area (Å²) in [6.07, 6.45) is 1.55. The molecule has 0 aliphatic rings. The summed E-state index contributed by atoms with van der Waals surface area (Å²) in [4.78, 5) is 28.5. The maximum absolute atomic E-state index is 13.1. The van der Waals surface area contributed by atoms with Crippen LogP contribution < -0.4 is 15.4 Å². The number of aliphatic carboxylic acids is 1. The van der Waals surface area contributed by atoms with E-state index < -0.39 is 28.1 Å². The number of benzene rings is 3. The molecule has 206 valence electrons. The predicted molar refractivity (Wildman–Crippen MR) is 155 cm³/mol. The Hall–Kier alpha value is -4.54. The van der Waals surface area contributed by atoms with Crippen LogP contribution in [0.15, 0.2) is 90.0 Å². The van der Waals surface area contributed by atoms with Crippen LogP contribution in [0.3, 0.4) is 0 Å². The molecule has 3 aromatic carbocycles. The molecular weight excluding hydrogens is 528 g/mol. The first-order valence-corrected chi connectivity index (χ1v) is 14.0. The Labute approximate surface area is 233 Å². The van der Waals surface area contributed by atoms with E-state index in [0.717, 1.165) is 16.7 Å². The molecule has 0 spiro atoms. The van der Waals surface area contributed by atoms with E-state index in [-0.39, 0.29) is 11.3 Å². The van der Waals surface area contributed by atoms with Crippen molar-refractivity contribution in [1.82, 2.24) is 9.71 Å². The number of sulfonamides is 1. The van der Waals surface area contributed by atoms with E-state index in [2.05, 4.69) is 20.3 Å². The minimum atomic E-state index is -4.06. The molecule has 0 aliphatic carbocycles. The minimum Gasteiger partial charge on any atom is -0.480 e. The minimum absolute atomic E-state index is 0.0336. The van der Waals surface area contributed by atoms with Crippen LogP contribution in [0.1, 0.15) is 22.3 Å². The Balaban J connectivity index is 1.46. The summed E-state index contributed by atoms with van der Waals surface area (Å²) in [5, 5.41) is 15.2. The molecule has 1 atom stereocenters. The SMILES string of the molecule is Cc1cc(C)c(S(=O)(=O)N[C@H](Cc2ccc(-c3cccc(NC(=O)Nc4ccccn4)c3)cc2)C(=O)O)c(C)c1. The normalized spacial score (nSPS) is 12.0. The van der Waals surface area contributed by atoms with Crippen molar-refractivity contribution in [2.75, 3.05) is 10.6 Å². The highest BCUT2D eigenvalue weighted by atomic mass is 32.2. The lowest BCUT2D eigenvalue weighted by Crippen LogP contribution is -2.42. The van der Waals surface area contributed by atoms with Crippen molar-refractivity contribution in [2.45, 2.75) is 38.1 Å². The molecule has 10 heteroatoms. The number of hydrogen-bond acceptors (Lipinski definition) is 5. The quantitative estimate of drug-likeness (QED) is 0.220. The second-order valence-electron chi connectivity index (χ2n) is 9.52. The summed E-state index contributed by atoms with van der Waals surface area (Å²) in [7, 11) is -4.06. The number of urea groups is 1. The van der Waals surface area contributed by atoms with Gasteiger partial charge in [-0.3, -0.25) is 10.1 Å². The van der Waals surface area contributed by atoms with Crippen molar-refractivity contribution in [3.63, 3.8) is 0 Å². The van der Waals surface area contributed by atoms with Crippen molar-refractivity contribution < 1.29 is 23.1 Å². The summed E-state index contributed by atoms with van der Waals surface area (Å²) in [5.41, 5.74) is 4.96. The molecule has 0 fully saturated rings. The number of anilines is 2. The highest BCUT2D eigenvalue weighted by molar-refractivity contribution is 7.89. The monoisotopic (exact) mass is 558 g/mol. The molecule has 0 radical (unpaired) electrons. The fraction of sp³-hybridized carbons (Fsp3) is 0.167. The molecular formula is C30H30N4O5S. The molecule has 0 bridgehead atoms. The lowest BCUT2D eigenvalue weighted by atomic mass is 10.0. The van der Waals surface area contributed by atoms with Gasteiger partial charge in [-0.2, -0.15) is 4.72 Å². The standard InChI is InChI=1S/C30H30N4O5S/c1-19-15-20(2)28(21(3)16-19)40(38,39)34-26(29(35)36)17-22-10-12-23(13-11-22)24-7-6-8-25(18-24)32-30(37)33-27-9-4-5-14-31-27/h4-16,18,26,34H,17H2,1-3H3,(H,35,36)(H2,31,32,33,37)/t26-/m1/s1. The van der Waals surface area contributed by atoms with Crippen molar-refractivity contribution in [2.24, 2.45) is 0 Å². The van der Waals surface area contributed by atoms with Crippen LogP contribution in [-0.2, 0) is 21.2 Å². The number of carbonyl (C=O) groups excluding carboxylic acids is 1. The number of carbonyl (C=O) groups is 2. The van der Waals surface area contributed by atoms with Crippen molar-refractivity contribution in [3.8, 4) is 11.1 Å². The molecule has 1 aromatic heterocycles. The summed E-state index contributed by atoms with van der Waals surface area (Å²) in [6.45, 7) is 5.27. The second kappa shape index (κ2) is 12.1. The summed E-state index contributed by atoms with van der Waals surface area (Å²) in [5.74, 6) is -0.837. The molecule has 9 nitrogen and oxygen atoms in total. The highest BCUT2D eigenvalue weighted by Gasteiger charge is 2.28. The topological polar surface area (TPSA) is 137 Å². The van der Waals surface area contributed by atoms with E-state index in [4.69, 9.17) is 0 Å². The van der Waals surface area contributed by atoms with Gasteiger partial charge in [-0.1, -0.05) is 60.2 Å². The Morgan fingerprint density at radius 2 is 1.55 bits per heavy atom. The van der Waals surface area contributed by atoms with E-state index in [1.165, 1.54) is 0 Å². The molecule has 4 rings (SSSR count). The largest absolute Gasteiger partial charge is 0.480 e. The first-order valence-electron chi connectivity index (χ1n) is 12.5. The molecule has 1 heterocycles. The number of nitrogens with one attached hydrogen (secondary N) is 3. The van der Waals surface area contributed by atoms with Crippen molar-refractivity contribution in [3.05, 3.63) is 107 Å². The van der Waals surface area contributed by atoms with Crippen LogP contribution in [0.5, 0.6) is 0 Å². The van der Waals surface area contributed by atoms with Gasteiger partial charge in [0.1, 0.15) is 11.9 Å². The van der Waals surface area contributed by atoms with Gasteiger partial charge < -0.3 is 10.4 Å². The van der Waals surface area contributed by atoms with Gasteiger partial charge in [0.15, 0.2) is 0 Å². The third-order valence-corrected chi connectivity index (χ3v) is 8.00. The number of carboxylic acid groups (broad SMARTS) is 1. The van der Waals surface area contributed by atoms with Gasteiger partial charge >= 0.3 is 12.0 Å². The zero-order valence-corrected chi connectivity index (χ0v) is 23.1. The summed E-state index contributed by atoms with van der Waals surface area (Å²) < 4.78 is 28.6. The number of rotatable bonds is 9. The van der Waals surface area contributed by atoms with Crippen LogP contribution in [0.25, 0.3) is 11.1 Å². The number of nitrogens with zero attached hydrogens (tertiary/aromatic N) is 1. The lowest BCUT2D eigenvalue weighted by Gasteiger charge is -2.18. The average Bonchev–Trinajstić information content (AvgIpc) is 2.88. The smallest absolute Gasteiger partial charge is 0.324 e. The van der Waals surface area contributed by atoms with Crippen LogP contribution in [-0.4, -0.2) is 36.6 Å². The number of hydrogen-bond donors (Lipinski definition) is 4. The molecule has 4 aromatic rings. The summed E-state index contributed by atoms with van der Waals surface area (Å²) in [6, 6.07) is 21.4. The van der Waals surface area contributed by atoms with E-state index in [9.17, 15) is 23.1 Å². The van der Waals surface area contributed by atoms with E-state index in [1.54, 1.807) is 68.6 Å². The zero-order valence-electron chi connectivity index (χ0n) is 22.3. The molecule has 0 saturated heterocycles. The number of pyridine rings is 1. The third-order valence-electron chi connectivity index (χ3n) is 6.22. The van der Waals surface area contributed by atoms with Gasteiger partial charge in [0.25, 0.3) is 0 Å². The summed E-state index contributed by atoms with van der Waals surface area (Å²) >= 11 is 0. The van der Waals surface area contributed by atoms with Gasteiger partial charge in [-0.15, -0.1) is 0 Å². The number of carboxylic acids is 1. The first kappa shape index (κ1) is 28.5. The molecule has 2 amide bonds. The van der Waals surface area contributed by atoms with Crippen LogP contribution in [0.2, 0.25) is 0 Å². The van der Waals surface area contributed by atoms with Crippen LogP contribution in [0, 0.1) is 20.8 Å². The first-order chi connectivity index (χ1) is 19.0. The van der Waals surface area contributed by atoms with Gasteiger partial charge in [0, 0.05) is 11.9 Å². The Morgan fingerprint density at radius 1 is 0.850 bits per heavy atom. The average molecular weight is 559 g/mol. The fourth-order valence-corrected chi connectivity index (χ4v) is 6.22. The highest BCUT2D eigenvalue weighted by Crippen LogP contribution is 2.25. The van der Waals surface area contributed by atoms with Gasteiger partial charge in [-0.05, 0) is 79.3 Å². The van der Waals surface area contributed by atoms with E-state index in [0.29, 0.717) is 28.2 Å². The Bertz CT molecular complexity index is 1620. The Kier molecular flexibility index (Phi) is 8.61. The Morgan fingerprint density at radius 3 is 2.17 bits per heavy atom. The van der Waals surface area contributed by atoms with Gasteiger partial charge in [-0.25, -0.2) is 18.2 Å².